The minimum atomic E-state index is 0.0286. The van der Waals surface area contributed by atoms with Gasteiger partial charge in [0, 0.05) is 24.3 Å². The van der Waals surface area contributed by atoms with E-state index in [9.17, 15) is 0 Å². The largest absolute Gasteiger partial charge is 0.409 e. The Balaban J connectivity index is 1.95. The number of aromatic nitrogens is 1. The van der Waals surface area contributed by atoms with Crippen LogP contribution in [-0.2, 0) is 0 Å². The van der Waals surface area contributed by atoms with Gasteiger partial charge < -0.3 is 15.8 Å². The molecule has 0 radical (unpaired) electrons. The molecule has 1 aliphatic carbocycles. The van der Waals surface area contributed by atoms with Gasteiger partial charge in [-0.05, 0) is 37.7 Å². The maximum atomic E-state index is 8.87. The molecule has 2 fully saturated rings. The fourth-order valence-corrected chi connectivity index (χ4v) is 4.09. The van der Waals surface area contributed by atoms with Crippen LogP contribution in [0, 0.1) is 5.92 Å². The molecule has 0 spiro atoms. The van der Waals surface area contributed by atoms with Crippen LogP contribution < -0.4 is 10.6 Å². The first-order valence-electron chi connectivity index (χ1n) is 7.61. The van der Waals surface area contributed by atoms with Gasteiger partial charge in [-0.25, -0.2) is 4.98 Å². The molecule has 5 nitrogen and oxygen atoms in total. The molecule has 1 saturated carbocycles. The van der Waals surface area contributed by atoms with Gasteiger partial charge in [-0.1, -0.05) is 29.6 Å². The van der Waals surface area contributed by atoms with E-state index in [2.05, 4.69) is 15.0 Å². The van der Waals surface area contributed by atoms with E-state index in [1.165, 1.54) is 38.5 Å². The van der Waals surface area contributed by atoms with Crippen LogP contribution in [0.5, 0.6) is 0 Å². The van der Waals surface area contributed by atoms with Crippen LogP contribution >= 0.6 is 11.6 Å². The van der Waals surface area contributed by atoms with Gasteiger partial charge in [0.05, 0.1) is 5.02 Å². The van der Waals surface area contributed by atoms with Crippen LogP contribution in [0.1, 0.15) is 44.1 Å². The average Bonchev–Trinajstić information content (AvgIpc) is 2.54. The van der Waals surface area contributed by atoms with Crippen molar-refractivity contribution in [1.82, 2.24) is 4.98 Å². The van der Waals surface area contributed by atoms with Gasteiger partial charge in [0.15, 0.2) is 5.84 Å². The van der Waals surface area contributed by atoms with Crippen molar-refractivity contribution < 1.29 is 5.21 Å². The van der Waals surface area contributed by atoms with E-state index in [0.29, 0.717) is 16.6 Å². The van der Waals surface area contributed by atoms with E-state index in [4.69, 9.17) is 22.5 Å². The lowest BCUT2D eigenvalue weighted by atomic mass is 9.78. The zero-order valence-corrected chi connectivity index (χ0v) is 12.8. The molecule has 2 aliphatic rings. The zero-order chi connectivity index (χ0) is 14.8. The van der Waals surface area contributed by atoms with Gasteiger partial charge in [0.2, 0.25) is 0 Å². The quantitative estimate of drug-likeness (QED) is 0.381. The molecule has 1 saturated heterocycles. The van der Waals surface area contributed by atoms with Crippen molar-refractivity contribution in [3.8, 4) is 0 Å². The molecule has 21 heavy (non-hydrogen) atoms. The first-order chi connectivity index (χ1) is 10.2. The summed E-state index contributed by atoms with van der Waals surface area (Å²) in [5.74, 6) is 1.55. The smallest absolute Gasteiger partial charge is 0.171 e. The average molecular weight is 309 g/mol. The van der Waals surface area contributed by atoms with Crippen LogP contribution in [-0.4, -0.2) is 28.6 Å². The van der Waals surface area contributed by atoms with Crippen molar-refractivity contribution in [3.05, 3.63) is 22.8 Å². The number of hydrogen-bond acceptors (Lipinski definition) is 4. The molecule has 3 N–H and O–H groups in total. The number of rotatable bonds is 2. The predicted molar refractivity (Wildman–Crippen MR) is 84.1 cm³/mol. The molecule has 3 rings (SSSR count). The molecule has 6 heteroatoms. The second kappa shape index (κ2) is 6.10. The fourth-order valence-electron chi connectivity index (χ4n) is 3.77. The van der Waals surface area contributed by atoms with E-state index >= 15 is 0 Å². The topological polar surface area (TPSA) is 74.7 Å². The highest BCUT2D eigenvalue weighted by molar-refractivity contribution is 6.36. The fraction of sp³-hybridized carbons (Fsp3) is 0.600. The lowest BCUT2D eigenvalue weighted by Crippen LogP contribution is -2.47. The van der Waals surface area contributed by atoms with Crippen LogP contribution in [0.3, 0.4) is 0 Å². The molecule has 2 unspecified atom stereocenters. The van der Waals surface area contributed by atoms with E-state index in [-0.39, 0.29) is 5.84 Å². The summed E-state index contributed by atoms with van der Waals surface area (Å²) in [6, 6.07) is 2.21. The normalized spacial score (nSPS) is 26.5. The Bertz CT molecular complexity index is 546. The molecule has 1 aromatic heterocycles. The van der Waals surface area contributed by atoms with Crippen molar-refractivity contribution in [2.75, 3.05) is 11.4 Å². The van der Waals surface area contributed by atoms with Crippen molar-refractivity contribution in [1.29, 1.82) is 0 Å². The van der Waals surface area contributed by atoms with Gasteiger partial charge in [-0.3, -0.25) is 0 Å². The van der Waals surface area contributed by atoms with Gasteiger partial charge in [-0.15, -0.1) is 0 Å². The summed E-state index contributed by atoms with van der Waals surface area (Å²) in [7, 11) is 0. The monoisotopic (exact) mass is 308 g/mol. The summed E-state index contributed by atoms with van der Waals surface area (Å²) in [5, 5.41) is 12.4. The molecular formula is C15H21ClN4O. The number of amidine groups is 1. The third-order valence-electron chi connectivity index (χ3n) is 4.77. The number of anilines is 1. The van der Waals surface area contributed by atoms with Gasteiger partial charge in [-0.2, -0.15) is 0 Å². The Labute approximate surface area is 129 Å². The van der Waals surface area contributed by atoms with Crippen molar-refractivity contribution >= 4 is 23.3 Å². The highest BCUT2D eigenvalue weighted by atomic mass is 35.5. The van der Waals surface area contributed by atoms with Crippen LogP contribution in [0.2, 0.25) is 5.02 Å². The molecule has 2 heterocycles. The molecule has 1 aromatic rings. The van der Waals surface area contributed by atoms with E-state index in [0.717, 1.165) is 18.3 Å². The molecular weight excluding hydrogens is 288 g/mol. The van der Waals surface area contributed by atoms with Crippen LogP contribution in [0.25, 0.3) is 0 Å². The molecule has 0 aromatic carbocycles. The standard InChI is InChI=1S/C15H21ClN4O/c16-13-11(14(17)19-21)7-8-18-15(13)20-9-3-5-10-4-1-2-6-12(10)20/h7-8,10,12,21H,1-6,9H2,(H2,17,19). The number of nitrogens with two attached hydrogens (primary N) is 1. The first-order valence-corrected chi connectivity index (χ1v) is 7.99. The van der Waals surface area contributed by atoms with E-state index in [1.54, 1.807) is 12.3 Å². The number of nitrogens with zero attached hydrogens (tertiary/aromatic N) is 3. The third kappa shape index (κ3) is 2.67. The van der Waals surface area contributed by atoms with Crippen LogP contribution in [0.4, 0.5) is 5.82 Å². The molecule has 0 amide bonds. The summed E-state index contributed by atoms with van der Waals surface area (Å²) in [4.78, 5) is 6.81. The summed E-state index contributed by atoms with van der Waals surface area (Å²) >= 11 is 6.47. The lowest BCUT2D eigenvalue weighted by Gasteiger charge is -2.45. The van der Waals surface area contributed by atoms with Gasteiger partial charge >= 0.3 is 0 Å². The van der Waals surface area contributed by atoms with E-state index in [1.807, 2.05) is 0 Å². The minimum Gasteiger partial charge on any atom is -0.409 e. The third-order valence-corrected chi connectivity index (χ3v) is 5.14. The number of pyridine rings is 1. The highest BCUT2D eigenvalue weighted by Gasteiger charge is 2.35. The lowest BCUT2D eigenvalue weighted by molar-refractivity contribution is 0.243. The van der Waals surface area contributed by atoms with Crippen molar-refractivity contribution in [3.63, 3.8) is 0 Å². The Morgan fingerprint density at radius 3 is 2.90 bits per heavy atom. The van der Waals surface area contributed by atoms with Gasteiger partial charge in [0.1, 0.15) is 5.82 Å². The zero-order valence-electron chi connectivity index (χ0n) is 12.0. The van der Waals surface area contributed by atoms with Crippen molar-refractivity contribution in [2.45, 2.75) is 44.6 Å². The summed E-state index contributed by atoms with van der Waals surface area (Å²) in [6.45, 7) is 0.980. The van der Waals surface area contributed by atoms with Crippen molar-refractivity contribution in [2.24, 2.45) is 16.8 Å². The molecule has 1 aliphatic heterocycles. The maximum absolute atomic E-state index is 8.87. The second-order valence-electron chi connectivity index (χ2n) is 5.93. The summed E-state index contributed by atoms with van der Waals surface area (Å²) in [5.41, 5.74) is 6.24. The van der Waals surface area contributed by atoms with Crippen LogP contribution in [0.15, 0.2) is 17.4 Å². The summed E-state index contributed by atoms with van der Waals surface area (Å²) in [6.07, 6.45) is 9.28. The molecule has 0 bridgehead atoms. The maximum Gasteiger partial charge on any atom is 0.171 e. The highest BCUT2D eigenvalue weighted by Crippen LogP contribution is 2.39. The predicted octanol–water partition coefficient (Wildman–Crippen LogP) is 2.99. The Kier molecular flexibility index (Phi) is 4.19. The Morgan fingerprint density at radius 2 is 2.10 bits per heavy atom. The Morgan fingerprint density at radius 1 is 1.33 bits per heavy atom. The number of oxime groups is 1. The molecule has 2 atom stereocenters. The number of piperidine rings is 1. The number of hydrogen-bond donors (Lipinski definition) is 2. The second-order valence-corrected chi connectivity index (χ2v) is 6.31. The molecule has 114 valence electrons. The Hall–Kier alpha value is -1.49. The van der Waals surface area contributed by atoms with Gasteiger partial charge in [0.25, 0.3) is 0 Å². The number of halogens is 1. The minimum absolute atomic E-state index is 0.0286. The number of fused-ring (bicyclic) bond motifs is 1. The first kappa shape index (κ1) is 14.4. The van der Waals surface area contributed by atoms with E-state index < -0.39 is 0 Å². The summed E-state index contributed by atoms with van der Waals surface area (Å²) < 4.78 is 0. The SMILES string of the molecule is N/C(=N/O)c1ccnc(N2CCCC3CCCCC32)c1Cl.